The lowest BCUT2D eigenvalue weighted by Gasteiger charge is -2.41. The summed E-state index contributed by atoms with van der Waals surface area (Å²) in [7, 11) is 2.05. The third kappa shape index (κ3) is 4.50. The van der Waals surface area contributed by atoms with E-state index < -0.39 is 0 Å². The maximum atomic E-state index is 6.60. The SMILES string of the molecule is Cn1c(-c2cccc(Oc3cccc(N4c5ccccc5C(C)(C)c5c4ncc4c5c5ccccc5n4-c4ccccc4)c3)c2)nc2ccccc21. The van der Waals surface area contributed by atoms with Gasteiger partial charge in [-0.25, -0.2) is 9.97 Å². The quantitative estimate of drug-likeness (QED) is 0.182. The summed E-state index contributed by atoms with van der Waals surface area (Å²) in [5, 5.41) is 2.44. The van der Waals surface area contributed by atoms with Crippen molar-refractivity contribution in [1.82, 2.24) is 19.1 Å². The maximum absolute atomic E-state index is 6.60. The van der Waals surface area contributed by atoms with Crippen LogP contribution in [0.1, 0.15) is 25.0 Å². The van der Waals surface area contributed by atoms with E-state index in [0.717, 1.165) is 67.8 Å². The number of imidazole rings is 1. The topological polar surface area (TPSA) is 48.1 Å². The molecule has 0 saturated heterocycles. The van der Waals surface area contributed by atoms with Gasteiger partial charge in [-0.1, -0.05) is 98.8 Å². The summed E-state index contributed by atoms with van der Waals surface area (Å²) in [6, 6.07) is 52.7. The number of hydrogen-bond acceptors (Lipinski definition) is 4. The summed E-state index contributed by atoms with van der Waals surface area (Å²) < 4.78 is 11.1. The van der Waals surface area contributed by atoms with E-state index in [2.05, 4.69) is 150 Å². The van der Waals surface area contributed by atoms with Crippen LogP contribution in [0.5, 0.6) is 11.5 Å². The van der Waals surface area contributed by atoms with Gasteiger partial charge in [-0.05, 0) is 66.2 Å². The van der Waals surface area contributed by atoms with Crippen molar-refractivity contribution in [3.05, 3.63) is 169 Å². The van der Waals surface area contributed by atoms with E-state index in [9.17, 15) is 0 Å². The van der Waals surface area contributed by atoms with Crippen molar-refractivity contribution >= 4 is 50.0 Å². The van der Waals surface area contributed by atoms with Crippen LogP contribution >= 0.6 is 0 Å². The number of fused-ring (bicyclic) bond motifs is 7. The molecule has 9 aromatic rings. The second-order valence-corrected chi connectivity index (χ2v) is 14.0. The Morgan fingerprint density at radius 3 is 2.15 bits per heavy atom. The van der Waals surface area contributed by atoms with E-state index in [1.807, 2.05) is 42.6 Å². The minimum Gasteiger partial charge on any atom is -0.457 e. The first kappa shape index (κ1) is 30.2. The molecular formula is C46H35N5O. The Balaban J connectivity index is 1.12. The monoisotopic (exact) mass is 673 g/mol. The molecular weight excluding hydrogens is 639 g/mol. The average Bonchev–Trinajstić information content (AvgIpc) is 3.70. The van der Waals surface area contributed by atoms with Gasteiger partial charge >= 0.3 is 0 Å². The van der Waals surface area contributed by atoms with Crippen molar-refractivity contribution in [3.8, 4) is 28.6 Å². The van der Waals surface area contributed by atoms with E-state index in [0.29, 0.717) is 0 Å². The number of ether oxygens (including phenoxy) is 1. The van der Waals surface area contributed by atoms with Crippen LogP contribution in [0.2, 0.25) is 0 Å². The smallest absolute Gasteiger partial charge is 0.142 e. The van der Waals surface area contributed by atoms with E-state index in [1.165, 1.54) is 21.9 Å². The molecule has 0 bridgehead atoms. The highest BCUT2D eigenvalue weighted by atomic mass is 16.5. The zero-order chi connectivity index (χ0) is 35.0. The number of pyridine rings is 1. The molecule has 0 saturated carbocycles. The fourth-order valence-electron chi connectivity index (χ4n) is 8.19. The molecule has 6 nitrogen and oxygen atoms in total. The number of para-hydroxylation sites is 5. The first-order chi connectivity index (χ1) is 25.5. The number of nitrogens with zero attached hydrogens (tertiary/aromatic N) is 5. The molecule has 0 aliphatic carbocycles. The molecule has 1 aliphatic rings. The lowest BCUT2D eigenvalue weighted by molar-refractivity contribution is 0.483. The Morgan fingerprint density at radius 1 is 0.615 bits per heavy atom. The van der Waals surface area contributed by atoms with Crippen molar-refractivity contribution in [2.24, 2.45) is 7.05 Å². The maximum Gasteiger partial charge on any atom is 0.142 e. The van der Waals surface area contributed by atoms with Crippen LogP contribution in [-0.2, 0) is 12.5 Å². The van der Waals surface area contributed by atoms with Crippen LogP contribution in [0.15, 0.2) is 158 Å². The molecule has 6 heteroatoms. The molecule has 0 radical (unpaired) electrons. The lowest BCUT2D eigenvalue weighted by Crippen LogP contribution is -2.31. The summed E-state index contributed by atoms with van der Waals surface area (Å²) in [5.41, 5.74) is 10.6. The fourth-order valence-corrected chi connectivity index (χ4v) is 8.19. The molecule has 3 aromatic heterocycles. The number of aryl methyl sites for hydroxylation is 1. The highest BCUT2D eigenvalue weighted by Crippen LogP contribution is 2.54. The van der Waals surface area contributed by atoms with Crippen LogP contribution in [-0.4, -0.2) is 19.1 Å². The number of rotatable bonds is 5. The summed E-state index contributed by atoms with van der Waals surface area (Å²) in [4.78, 5) is 12.5. The lowest BCUT2D eigenvalue weighted by atomic mass is 9.73. The highest BCUT2D eigenvalue weighted by molar-refractivity contribution is 6.13. The van der Waals surface area contributed by atoms with Gasteiger partial charge in [0, 0.05) is 46.1 Å². The molecule has 0 N–H and O–H groups in total. The van der Waals surface area contributed by atoms with Crippen LogP contribution < -0.4 is 9.64 Å². The van der Waals surface area contributed by atoms with Gasteiger partial charge in [-0.3, -0.25) is 4.90 Å². The molecule has 52 heavy (non-hydrogen) atoms. The third-order valence-corrected chi connectivity index (χ3v) is 10.6. The zero-order valence-corrected chi connectivity index (χ0v) is 29.2. The Bertz CT molecular complexity index is 2830. The summed E-state index contributed by atoms with van der Waals surface area (Å²) in [6.45, 7) is 4.66. The molecule has 0 fully saturated rings. The largest absolute Gasteiger partial charge is 0.457 e. The summed E-state index contributed by atoms with van der Waals surface area (Å²) in [5.74, 6) is 3.31. The minimum absolute atomic E-state index is 0.328. The van der Waals surface area contributed by atoms with Gasteiger partial charge in [0.05, 0.1) is 39.6 Å². The van der Waals surface area contributed by atoms with Crippen molar-refractivity contribution in [1.29, 1.82) is 0 Å². The van der Waals surface area contributed by atoms with Gasteiger partial charge in [-0.2, -0.15) is 0 Å². The van der Waals surface area contributed by atoms with Gasteiger partial charge in [0.2, 0.25) is 0 Å². The highest BCUT2D eigenvalue weighted by Gasteiger charge is 2.40. The fraction of sp³-hybridized carbons (Fsp3) is 0.0870. The molecule has 1 aliphatic heterocycles. The molecule has 4 heterocycles. The Morgan fingerprint density at radius 2 is 1.31 bits per heavy atom. The molecule has 0 unspecified atom stereocenters. The Labute approximate surface area is 301 Å². The molecule has 6 aromatic carbocycles. The van der Waals surface area contributed by atoms with Gasteiger partial charge in [0.1, 0.15) is 23.1 Å². The number of benzene rings is 6. The van der Waals surface area contributed by atoms with E-state index in [4.69, 9.17) is 14.7 Å². The molecule has 0 amide bonds. The predicted octanol–water partition coefficient (Wildman–Crippen LogP) is 11.6. The van der Waals surface area contributed by atoms with Crippen molar-refractivity contribution < 1.29 is 4.74 Å². The van der Waals surface area contributed by atoms with Crippen molar-refractivity contribution in [2.45, 2.75) is 19.3 Å². The van der Waals surface area contributed by atoms with Crippen LogP contribution in [0.25, 0.3) is 49.9 Å². The predicted molar refractivity (Wildman–Crippen MR) is 212 cm³/mol. The number of anilines is 3. The normalized spacial score (nSPS) is 13.4. The first-order valence-corrected chi connectivity index (χ1v) is 17.6. The van der Waals surface area contributed by atoms with Gasteiger partial charge in [0.25, 0.3) is 0 Å². The summed E-state index contributed by atoms with van der Waals surface area (Å²) in [6.07, 6.45) is 2.05. The molecule has 0 spiro atoms. The van der Waals surface area contributed by atoms with Crippen molar-refractivity contribution in [3.63, 3.8) is 0 Å². The van der Waals surface area contributed by atoms with Crippen molar-refractivity contribution in [2.75, 3.05) is 4.90 Å². The van der Waals surface area contributed by atoms with E-state index >= 15 is 0 Å². The van der Waals surface area contributed by atoms with Crippen LogP contribution in [0.4, 0.5) is 17.2 Å². The second-order valence-electron chi connectivity index (χ2n) is 14.0. The Hall–Kier alpha value is -6.66. The third-order valence-electron chi connectivity index (χ3n) is 10.6. The standard InChI is InChI=1S/C46H35N5O/c1-46(2)36-22-8-11-25-39(36)51(45-43(46)42-35-21-7-10-24-38(35)50(41(42)29-47-45)31-16-5-4-6-17-31)32-18-14-20-34(28-32)52-33-19-13-15-30(27-33)44-48-37-23-9-12-26-40(37)49(44)3/h4-29H,1-3H3. The van der Waals surface area contributed by atoms with Crippen LogP contribution in [0, 0.1) is 0 Å². The van der Waals surface area contributed by atoms with Gasteiger partial charge < -0.3 is 13.9 Å². The summed E-state index contributed by atoms with van der Waals surface area (Å²) >= 11 is 0. The van der Waals surface area contributed by atoms with Gasteiger partial charge in [0.15, 0.2) is 0 Å². The van der Waals surface area contributed by atoms with Gasteiger partial charge in [-0.15, -0.1) is 0 Å². The molecule has 0 atom stereocenters. The zero-order valence-electron chi connectivity index (χ0n) is 29.2. The second kappa shape index (κ2) is 11.4. The molecule has 250 valence electrons. The van der Waals surface area contributed by atoms with E-state index in [1.54, 1.807) is 0 Å². The minimum atomic E-state index is -0.328. The average molecular weight is 674 g/mol. The first-order valence-electron chi connectivity index (χ1n) is 17.6. The van der Waals surface area contributed by atoms with Crippen LogP contribution in [0.3, 0.4) is 0 Å². The van der Waals surface area contributed by atoms with E-state index in [-0.39, 0.29) is 5.41 Å². The number of hydrogen-bond donors (Lipinski definition) is 0. The number of aromatic nitrogens is 4. The Kier molecular flexibility index (Phi) is 6.64. The molecule has 10 rings (SSSR count).